The van der Waals surface area contributed by atoms with E-state index in [1.54, 1.807) is 12.1 Å². The largest absolute Gasteiger partial charge is 0.492 e. The van der Waals surface area contributed by atoms with Gasteiger partial charge in [-0.15, -0.1) is 0 Å². The third kappa shape index (κ3) is 4.53. The number of amidine groups is 2. The number of amides is 1. The van der Waals surface area contributed by atoms with Gasteiger partial charge in [0.05, 0.1) is 17.1 Å². The van der Waals surface area contributed by atoms with Crippen LogP contribution >= 0.6 is 23.4 Å². The number of aryl methyl sites for hydroxylation is 1. The highest BCUT2D eigenvalue weighted by Gasteiger charge is 2.36. The fourth-order valence-corrected chi connectivity index (χ4v) is 5.57. The number of hydrogen-bond acceptors (Lipinski definition) is 5. The van der Waals surface area contributed by atoms with E-state index in [2.05, 4.69) is 14.7 Å². The molecule has 1 N–H and O–H groups in total. The molecule has 7 nitrogen and oxygen atoms in total. The molecule has 3 aromatic carbocycles. The zero-order valence-corrected chi connectivity index (χ0v) is 22.0. The molecule has 0 unspecified atom stereocenters. The van der Waals surface area contributed by atoms with Gasteiger partial charge in [0.15, 0.2) is 5.84 Å². The minimum Gasteiger partial charge on any atom is -0.492 e. The topological polar surface area (TPSA) is 83.0 Å². The molecular weight excluding hydrogens is 518 g/mol. The smallest absolute Gasteiger partial charge is 0.283 e. The summed E-state index contributed by atoms with van der Waals surface area (Å²) in [7, 11) is 0. The maximum absolute atomic E-state index is 13.0. The predicted molar refractivity (Wildman–Crippen MR) is 154 cm³/mol. The highest BCUT2D eigenvalue weighted by Crippen LogP contribution is 2.33. The van der Waals surface area contributed by atoms with Crippen molar-refractivity contribution in [3.8, 4) is 5.75 Å². The number of hydrogen-bond donors (Lipinski definition) is 1. The number of nitrogens with zero attached hydrogens (tertiary/aromatic N) is 4. The third-order valence-corrected chi connectivity index (χ3v) is 7.57. The Morgan fingerprint density at radius 2 is 1.82 bits per heavy atom. The van der Waals surface area contributed by atoms with Crippen molar-refractivity contribution < 1.29 is 9.53 Å². The number of thioether (sulfide) groups is 1. The summed E-state index contributed by atoms with van der Waals surface area (Å²) in [6, 6.07) is 23.3. The summed E-state index contributed by atoms with van der Waals surface area (Å²) < 4.78 is 8.03. The molecular formula is C29H22ClN5O2S. The second-order valence-corrected chi connectivity index (χ2v) is 10.2. The van der Waals surface area contributed by atoms with Crippen LogP contribution in [-0.2, 0) is 11.3 Å². The van der Waals surface area contributed by atoms with E-state index in [1.165, 1.54) is 22.3 Å². The molecule has 0 saturated carbocycles. The fraction of sp³-hybridized carbons (Fsp3) is 0.103. The van der Waals surface area contributed by atoms with E-state index in [-0.39, 0.29) is 11.4 Å². The minimum absolute atomic E-state index is 0.0194. The first-order chi connectivity index (χ1) is 18.5. The number of ether oxygens (including phenoxy) is 1. The first-order valence-electron chi connectivity index (χ1n) is 12.0. The lowest BCUT2D eigenvalue weighted by atomic mass is 10.1. The lowest BCUT2D eigenvalue weighted by molar-refractivity contribution is -0.114. The van der Waals surface area contributed by atoms with Gasteiger partial charge >= 0.3 is 0 Å². The molecule has 9 heteroatoms. The summed E-state index contributed by atoms with van der Waals surface area (Å²) in [6.07, 6.45) is 3.70. The average molecular weight is 540 g/mol. The molecule has 0 spiro atoms. The third-order valence-electron chi connectivity index (χ3n) is 6.30. The summed E-state index contributed by atoms with van der Waals surface area (Å²) in [4.78, 5) is 17.2. The van der Waals surface area contributed by atoms with Gasteiger partial charge < -0.3 is 9.30 Å². The van der Waals surface area contributed by atoms with E-state index in [0.29, 0.717) is 28.4 Å². The fourth-order valence-electron chi connectivity index (χ4n) is 4.36. The number of nitrogens with one attached hydrogen (secondary N) is 1. The Morgan fingerprint density at radius 1 is 1.05 bits per heavy atom. The Labute approximate surface area is 228 Å². The number of carbonyl (C=O) groups excluding carboxylic acids is 1. The molecule has 0 aliphatic carbocycles. The molecule has 38 heavy (non-hydrogen) atoms. The van der Waals surface area contributed by atoms with Crippen LogP contribution in [0.2, 0.25) is 5.02 Å². The first-order valence-corrected chi connectivity index (χ1v) is 13.2. The quantitative estimate of drug-likeness (QED) is 0.289. The predicted octanol–water partition coefficient (Wildman–Crippen LogP) is 6.35. The lowest BCUT2D eigenvalue weighted by Crippen LogP contribution is -2.35. The Balaban J connectivity index is 1.28. The molecule has 1 amide bonds. The number of benzene rings is 3. The van der Waals surface area contributed by atoms with Crippen molar-refractivity contribution in [1.29, 1.82) is 5.41 Å². The van der Waals surface area contributed by atoms with Gasteiger partial charge in [0.25, 0.3) is 5.91 Å². The minimum atomic E-state index is -0.469. The van der Waals surface area contributed by atoms with Crippen molar-refractivity contribution >= 4 is 62.3 Å². The van der Waals surface area contributed by atoms with Gasteiger partial charge in [0.1, 0.15) is 17.4 Å². The molecule has 4 aromatic rings. The summed E-state index contributed by atoms with van der Waals surface area (Å²) in [6.45, 7) is 3.16. The van der Waals surface area contributed by atoms with Crippen LogP contribution in [0, 0.1) is 12.3 Å². The maximum Gasteiger partial charge on any atom is 0.283 e. The van der Waals surface area contributed by atoms with Gasteiger partial charge in [-0.1, -0.05) is 65.7 Å². The summed E-state index contributed by atoms with van der Waals surface area (Å²) in [5, 5.41) is 17.2. The second kappa shape index (κ2) is 9.96. The highest BCUT2D eigenvalue weighted by molar-refractivity contribution is 8.27. The number of fused-ring (bicyclic) bond motifs is 2. The van der Waals surface area contributed by atoms with Crippen LogP contribution in [0.4, 0.5) is 0 Å². The monoisotopic (exact) mass is 539 g/mol. The van der Waals surface area contributed by atoms with Crippen molar-refractivity contribution in [2.24, 2.45) is 10.1 Å². The van der Waals surface area contributed by atoms with Crippen molar-refractivity contribution in [2.45, 2.75) is 13.5 Å². The Hall–Kier alpha value is -4.14. The average Bonchev–Trinajstić information content (AvgIpc) is 3.50. The van der Waals surface area contributed by atoms with Crippen LogP contribution < -0.4 is 4.74 Å². The summed E-state index contributed by atoms with van der Waals surface area (Å²) in [5.41, 5.74) is 3.94. The van der Waals surface area contributed by atoms with Crippen molar-refractivity contribution in [3.05, 3.63) is 106 Å². The molecule has 0 saturated heterocycles. The van der Waals surface area contributed by atoms with Crippen molar-refractivity contribution in [1.82, 2.24) is 9.58 Å². The van der Waals surface area contributed by atoms with E-state index < -0.39 is 5.91 Å². The standard InChI is InChI=1S/C29H22ClN5O2S/c1-18-10-12-20(13-11-18)37-15-14-34-17-19(21-6-3-5-9-25(21)34)16-23-26(31)35-29(32-27(23)36)38-28(33-35)22-7-2-4-8-24(22)30/h2-13,16-17,31H,14-15H2,1H3/b23-16+,31-26?. The van der Waals surface area contributed by atoms with Crippen LogP contribution in [-0.4, -0.2) is 38.1 Å². The Kier molecular flexibility index (Phi) is 6.35. The van der Waals surface area contributed by atoms with Crippen LogP contribution in [0.25, 0.3) is 17.0 Å². The zero-order valence-electron chi connectivity index (χ0n) is 20.4. The number of para-hydroxylation sites is 1. The molecule has 0 fully saturated rings. The zero-order chi connectivity index (χ0) is 26.2. The molecule has 3 heterocycles. The van der Waals surface area contributed by atoms with Crippen LogP contribution in [0.3, 0.4) is 0 Å². The van der Waals surface area contributed by atoms with Crippen molar-refractivity contribution in [2.75, 3.05) is 6.61 Å². The SMILES string of the molecule is Cc1ccc(OCCn2cc(/C=C3\C(=N)N4N=C(c5ccccc5Cl)SC4=NC3=O)c3ccccc32)cc1. The van der Waals surface area contributed by atoms with E-state index in [4.69, 9.17) is 21.7 Å². The van der Waals surface area contributed by atoms with Gasteiger partial charge in [-0.25, -0.2) is 0 Å². The van der Waals surface area contributed by atoms with E-state index >= 15 is 0 Å². The summed E-state index contributed by atoms with van der Waals surface area (Å²) >= 11 is 7.57. The molecule has 0 radical (unpaired) electrons. The van der Waals surface area contributed by atoms with Gasteiger partial charge in [-0.2, -0.15) is 15.1 Å². The Morgan fingerprint density at radius 3 is 2.63 bits per heavy atom. The van der Waals surface area contributed by atoms with Crippen LogP contribution in [0.1, 0.15) is 16.7 Å². The lowest BCUT2D eigenvalue weighted by Gasteiger charge is -2.20. The molecule has 0 bridgehead atoms. The Bertz CT molecular complexity index is 1690. The number of carbonyl (C=O) groups is 1. The van der Waals surface area contributed by atoms with Crippen LogP contribution in [0.15, 0.2) is 94.7 Å². The maximum atomic E-state index is 13.0. The molecule has 2 aliphatic heterocycles. The molecule has 6 rings (SSSR count). The van der Waals surface area contributed by atoms with E-state index in [1.807, 2.05) is 79.9 Å². The van der Waals surface area contributed by atoms with Gasteiger partial charge in [0.2, 0.25) is 5.17 Å². The number of hydrazone groups is 1. The van der Waals surface area contributed by atoms with Gasteiger partial charge in [-0.05, 0) is 49.0 Å². The molecule has 188 valence electrons. The number of aromatic nitrogens is 1. The van der Waals surface area contributed by atoms with Crippen LogP contribution in [0.5, 0.6) is 5.75 Å². The van der Waals surface area contributed by atoms with Gasteiger partial charge in [0, 0.05) is 28.2 Å². The number of rotatable bonds is 6. The summed E-state index contributed by atoms with van der Waals surface area (Å²) in [5.74, 6) is 0.336. The second-order valence-electron chi connectivity index (χ2n) is 8.86. The normalized spacial score (nSPS) is 16.2. The number of aliphatic imine (C=N–C) groups is 1. The first kappa shape index (κ1) is 24.2. The van der Waals surface area contributed by atoms with E-state index in [9.17, 15) is 4.79 Å². The number of halogens is 1. The molecule has 1 aromatic heterocycles. The van der Waals surface area contributed by atoms with Crippen molar-refractivity contribution in [3.63, 3.8) is 0 Å². The molecule has 0 atom stereocenters. The highest BCUT2D eigenvalue weighted by atomic mass is 35.5. The van der Waals surface area contributed by atoms with E-state index in [0.717, 1.165) is 27.8 Å². The molecule has 2 aliphatic rings. The van der Waals surface area contributed by atoms with Gasteiger partial charge in [-0.3, -0.25) is 10.2 Å².